The predicted molar refractivity (Wildman–Crippen MR) is 49.7 cm³/mol. The van der Waals surface area contributed by atoms with E-state index in [2.05, 4.69) is 4.74 Å². The molecule has 3 nitrogen and oxygen atoms in total. The number of carboxylic acid groups (broad SMARTS) is 1. The Balaban J connectivity index is 2.40. The van der Waals surface area contributed by atoms with Gasteiger partial charge in [0.05, 0.1) is 13.0 Å². The maximum Gasteiger partial charge on any atom is 0.345 e. The van der Waals surface area contributed by atoms with Crippen LogP contribution < -0.4 is 0 Å². The molecule has 1 atom stereocenters. The summed E-state index contributed by atoms with van der Waals surface area (Å²) >= 11 is 0. The van der Waals surface area contributed by atoms with E-state index in [9.17, 15) is 13.6 Å². The third kappa shape index (κ3) is 4.55. The van der Waals surface area contributed by atoms with Crippen molar-refractivity contribution in [3.63, 3.8) is 0 Å². The molecule has 1 fully saturated rings. The van der Waals surface area contributed by atoms with Gasteiger partial charge >= 0.3 is 12.6 Å². The van der Waals surface area contributed by atoms with Crippen molar-refractivity contribution >= 4 is 5.97 Å². The van der Waals surface area contributed by atoms with Gasteiger partial charge < -0.3 is 9.84 Å². The average Bonchev–Trinajstić information content (AvgIpc) is 2.63. The van der Waals surface area contributed by atoms with E-state index >= 15 is 0 Å². The minimum atomic E-state index is -2.80. The van der Waals surface area contributed by atoms with E-state index in [0.29, 0.717) is 0 Å². The molecule has 0 spiro atoms. The number of alkyl halides is 2. The first-order chi connectivity index (χ1) is 7.09. The van der Waals surface area contributed by atoms with Crippen molar-refractivity contribution in [3.05, 3.63) is 0 Å². The van der Waals surface area contributed by atoms with Gasteiger partial charge in [-0.25, -0.2) is 0 Å². The zero-order valence-electron chi connectivity index (χ0n) is 8.49. The Kier molecular flexibility index (Phi) is 4.94. The normalized spacial score (nSPS) is 19.7. The maximum absolute atomic E-state index is 11.8. The van der Waals surface area contributed by atoms with Crippen LogP contribution in [0.25, 0.3) is 0 Å². The summed E-state index contributed by atoms with van der Waals surface area (Å²) in [6.45, 7) is -2.95. The minimum absolute atomic E-state index is 0.0720. The van der Waals surface area contributed by atoms with Crippen molar-refractivity contribution in [2.45, 2.75) is 38.7 Å². The highest BCUT2D eigenvalue weighted by Gasteiger charge is 2.27. The molecule has 0 aliphatic heterocycles. The van der Waals surface area contributed by atoms with Crippen molar-refractivity contribution in [3.8, 4) is 0 Å². The second kappa shape index (κ2) is 6.00. The highest BCUT2D eigenvalue weighted by molar-refractivity contribution is 5.67. The molecule has 0 aromatic heterocycles. The molecule has 1 N–H and O–H groups in total. The molecule has 88 valence electrons. The second-order valence-corrected chi connectivity index (χ2v) is 4.00. The van der Waals surface area contributed by atoms with Crippen LogP contribution in [0.3, 0.4) is 0 Å². The smallest absolute Gasteiger partial charge is 0.345 e. The van der Waals surface area contributed by atoms with Gasteiger partial charge in [0.25, 0.3) is 0 Å². The molecule has 0 aromatic carbocycles. The Morgan fingerprint density at radius 3 is 2.47 bits per heavy atom. The number of ether oxygens (including phenoxy) is 1. The number of carbonyl (C=O) groups is 1. The van der Waals surface area contributed by atoms with E-state index < -0.39 is 12.6 Å². The molecule has 15 heavy (non-hydrogen) atoms. The van der Waals surface area contributed by atoms with Gasteiger partial charge in [0.15, 0.2) is 0 Å². The zero-order chi connectivity index (χ0) is 11.3. The van der Waals surface area contributed by atoms with Crippen molar-refractivity contribution < 1.29 is 23.4 Å². The number of carboxylic acids is 1. The Morgan fingerprint density at radius 1 is 1.40 bits per heavy atom. The van der Waals surface area contributed by atoms with E-state index in [1.807, 2.05) is 0 Å². The Hall–Kier alpha value is -0.710. The molecular formula is C10H16F2O3. The first-order valence-corrected chi connectivity index (χ1v) is 5.21. The minimum Gasteiger partial charge on any atom is -0.481 e. The summed E-state index contributed by atoms with van der Waals surface area (Å²) in [5, 5.41) is 8.67. The van der Waals surface area contributed by atoms with Gasteiger partial charge in [-0.1, -0.05) is 25.7 Å². The van der Waals surface area contributed by atoms with Crippen molar-refractivity contribution in [1.82, 2.24) is 0 Å². The predicted octanol–water partition coefficient (Wildman–Crippen LogP) is 2.51. The average molecular weight is 222 g/mol. The third-order valence-corrected chi connectivity index (χ3v) is 2.94. The Morgan fingerprint density at radius 2 is 2.00 bits per heavy atom. The topological polar surface area (TPSA) is 46.5 Å². The summed E-state index contributed by atoms with van der Waals surface area (Å²) in [7, 11) is 0. The highest BCUT2D eigenvalue weighted by atomic mass is 19.3. The molecule has 1 rings (SSSR count). The number of halogens is 2. The lowest BCUT2D eigenvalue weighted by Gasteiger charge is -2.21. The summed E-state index contributed by atoms with van der Waals surface area (Å²) in [4.78, 5) is 10.6. The number of hydrogen-bond acceptors (Lipinski definition) is 2. The van der Waals surface area contributed by atoms with Crippen LogP contribution in [0.4, 0.5) is 8.78 Å². The quantitative estimate of drug-likeness (QED) is 0.751. The van der Waals surface area contributed by atoms with Gasteiger partial charge in [-0.15, -0.1) is 0 Å². The standard InChI is InChI=1S/C10H16F2O3/c11-10(12)15-6-8(5-9(13)14)7-3-1-2-4-7/h7-8,10H,1-6H2,(H,13,14). The SMILES string of the molecule is O=C(O)CC(COC(F)F)C1CCCC1. The molecule has 0 amide bonds. The van der Waals surface area contributed by atoms with Crippen LogP contribution in [0.5, 0.6) is 0 Å². The van der Waals surface area contributed by atoms with E-state index in [4.69, 9.17) is 5.11 Å². The first-order valence-electron chi connectivity index (χ1n) is 5.21. The van der Waals surface area contributed by atoms with Gasteiger partial charge in [0, 0.05) is 0 Å². The Bertz CT molecular complexity index is 203. The highest BCUT2D eigenvalue weighted by Crippen LogP contribution is 2.33. The van der Waals surface area contributed by atoms with Crippen LogP contribution in [-0.4, -0.2) is 24.3 Å². The molecule has 0 saturated heterocycles. The lowest BCUT2D eigenvalue weighted by atomic mass is 9.89. The summed E-state index contributed by atoms with van der Waals surface area (Å²) < 4.78 is 27.9. The number of hydrogen-bond donors (Lipinski definition) is 1. The first kappa shape index (κ1) is 12.4. The summed E-state index contributed by atoms with van der Waals surface area (Å²) in [5.74, 6) is -0.969. The van der Waals surface area contributed by atoms with Crippen LogP contribution in [0.1, 0.15) is 32.1 Å². The largest absolute Gasteiger partial charge is 0.481 e. The number of rotatable bonds is 6. The molecule has 1 unspecified atom stereocenters. The van der Waals surface area contributed by atoms with Crippen molar-refractivity contribution in [1.29, 1.82) is 0 Å². The summed E-state index contributed by atoms with van der Waals surface area (Å²) in [6.07, 6.45) is 3.93. The summed E-state index contributed by atoms with van der Waals surface area (Å²) in [5.41, 5.74) is 0. The zero-order valence-corrected chi connectivity index (χ0v) is 8.49. The van der Waals surface area contributed by atoms with Gasteiger partial charge in [0.2, 0.25) is 0 Å². The van der Waals surface area contributed by atoms with Gasteiger partial charge in [0.1, 0.15) is 0 Å². The van der Waals surface area contributed by atoms with Crippen LogP contribution in [0.2, 0.25) is 0 Å². The van der Waals surface area contributed by atoms with Gasteiger partial charge in [-0.3, -0.25) is 4.79 Å². The summed E-state index contributed by atoms with van der Waals surface area (Å²) in [6, 6.07) is 0. The van der Waals surface area contributed by atoms with Crippen LogP contribution in [0.15, 0.2) is 0 Å². The van der Waals surface area contributed by atoms with Gasteiger partial charge in [-0.2, -0.15) is 8.78 Å². The molecule has 1 aliphatic rings. The van der Waals surface area contributed by atoms with Crippen LogP contribution in [-0.2, 0) is 9.53 Å². The molecule has 0 aromatic rings. The van der Waals surface area contributed by atoms with E-state index in [1.165, 1.54) is 0 Å². The molecule has 1 saturated carbocycles. The van der Waals surface area contributed by atoms with E-state index in [0.717, 1.165) is 25.7 Å². The molecule has 5 heteroatoms. The van der Waals surface area contributed by atoms with Gasteiger partial charge in [-0.05, 0) is 11.8 Å². The lowest BCUT2D eigenvalue weighted by Crippen LogP contribution is -2.22. The molecule has 0 bridgehead atoms. The second-order valence-electron chi connectivity index (χ2n) is 4.00. The Labute approximate surface area is 87.4 Å². The van der Waals surface area contributed by atoms with Crippen molar-refractivity contribution in [2.24, 2.45) is 11.8 Å². The van der Waals surface area contributed by atoms with E-state index in [1.54, 1.807) is 0 Å². The molecule has 0 heterocycles. The van der Waals surface area contributed by atoms with Crippen LogP contribution >= 0.6 is 0 Å². The third-order valence-electron chi connectivity index (χ3n) is 2.94. The molecule has 1 aliphatic carbocycles. The van der Waals surface area contributed by atoms with Crippen molar-refractivity contribution in [2.75, 3.05) is 6.61 Å². The fourth-order valence-corrected chi connectivity index (χ4v) is 2.21. The van der Waals surface area contributed by atoms with Crippen LogP contribution in [0, 0.1) is 11.8 Å². The fourth-order valence-electron chi connectivity index (χ4n) is 2.21. The fraction of sp³-hybridized carbons (Fsp3) is 0.900. The van der Waals surface area contributed by atoms with E-state index in [-0.39, 0.29) is 24.9 Å². The lowest BCUT2D eigenvalue weighted by molar-refractivity contribution is -0.151. The monoisotopic (exact) mass is 222 g/mol. The molecular weight excluding hydrogens is 206 g/mol. The molecule has 0 radical (unpaired) electrons. The maximum atomic E-state index is 11.8. The number of aliphatic carboxylic acids is 1.